The summed E-state index contributed by atoms with van der Waals surface area (Å²) in [7, 11) is 0. The van der Waals surface area contributed by atoms with Gasteiger partial charge < -0.3 is 0 Å². The molecule has 4 aromatic heterocycles. The molecule has 0 atom stereocenters. The Bertz CT molecular complexity index is 3570. The Kier molecular flexibility index (Phi) is 7.09. The number of imidazole rings is 1. The van der Waals surface area contributed by atoms with Crippen LogP contribution in [-0.4, -0.2) is 33.9 Å². The van der Waals surface area contributed by atoms with Gasteiger partial charge in [0.15, 0.2) is 17.5 Å². The average molecular weight is 742 g/mol. The Hall–Kier alpha value is -8.03. The molecule has 0 aliphatic carbocycles. The molecule has 8 aromatic carbocycles. The minimum atomic E-state index is 0.607. The maximum atomic E-state index is 5.43. The quantitative estimate of drug-likeness (QED) is 0.176. The van der Waals surface area contributed by atoms with Crippen molar-refractivity contribution < 1.29 is 0 Å². The number of rotatable bonds is 5. The van der Waals surface area contributed by atoms with Crippen LogP contribution in [0.3, 0.4) is 0 Å². The molecule has 0 saturated heterocycles. The van der Waals surface area contributed by atoms with E-state index in [2.05, 4.69) is 155 Å². The van der Waals surface area contributed by atoms with Gasteiger partial charge >= 0.3 is 0 Å². The summed E-state index contributed by atoms with van der Waals surface area (Å²) in [6, 6.07) is 64.9. The monoisotopic (exact) mass is 741 g/mol. The molecule has 0 unspecified atom stereocenters. The highest BCUT2D eigenvalue weighted by atomic mass is 15.2. The molecule has 12 rings (SSSR count). The lowest BCUT2D eigenvalue weighted by Gasteiger charge is -2.15. The van der Waals surface area contributed by atoms with Crippen molar-refractivity contribution in [3.05, 3.63) is 188 Å². The first-order chi connectivity index (χ1) is 28.8. The summed E-state index contributed by atoms with van der Waals surface area (Å²) in [6.07, 6.45) is 0. The summed E-state index contributed by atoms with van der Waals surface area (Å²) >= 11 is 0. The molecule has 0 saturated carbocycles. The fourth-order valence-electron chi connectivity index (χ4n) is 8.50. The molecule has 0 fully saturated rings. The van der Waals surface area contributed by atoms with Crippen LogP contribution in [0.15, 0.2) is 188 Å². The number of fused-ring (bicyclic) bond motifs is 10. The molecule has 7 nitrogen and oxygen atoms in total. The predicted molar refractivity (Wildman–Crippen MR) is 235 cm³/mol. The van der Waals surface area contributed by atoms with E-state index in [0.29, 0.717) is 17.5 Å². The van der Waals surface area contributed by atoms with Crippen molar-refractivity contribution in [3.63, 3.8) is 0 Å². The lowest BCUT2D eigenvalue weighted by Crippen LogP contribution is -2.06. The fourth-order valence-corrected chi connectivity index (χ4v) is 8.50. The zero-order valence-corrected chi connectivity index (χ0v) is 31.0. The van der Waals surface area contributed by atoms with Crippen molar-refractivity contribution in [2.24, 2.45) is 0 Å². The number of hydrogen-bond donors (Lipinski definition) is 0. The van der Waals surface area contributed by atoms with E-state index in [1.807, 2.05) is 42.5 Å². The number of hydrogen-bond acceptors (Lipinski definition) is 5. The molecular formula is C51H31N7. The van der Waals surface area contributed by atoms with Gasteiger partial charge in [-0.2, -0.15) is 0 Å². The highest BCUT2D eigenvalue weighted by Crippen LogP contribution is 2.42. The van der Waals surface area contributed by atoms with Crippen molar-refractivity contribution in [3.8, 4) is 51.2 Å². The molecule has 0 N–H and O–H groups in total. The van der Waals surface area contributed by atoms with Crippen molar-refractivity contribution >= 4 is 60.2 Å². The van der Waals surface area contributed by atoms with Crippen LogP contribution in [0.5, 0.6) is 0 Å². The standard InChI is InChI=1S/C51H31N7/c1-3-16-32(17-4-1)34-20-15-21-35(30-34)48-54-47(33-18-5-2-6-19-33)55-49(56-48)41-31-40-37-23-10-13-28-44(37)57(46(40)38-24-8-7-22-36(38)41)51-53-42-26-11-9-25-39(42)50-52-43-27-12-14-29-45(43)58(50)51/h1-31H. The minimum absolute atomic E-state index is 0.607. The van der Waals surface area contributed by atoms with Gasteiger partial charge in [-0.15, -0.1) is 0 Å². The van der Waals surface area contributed by atoms with Crippen molar-refractivity contribution in [2.45, 2.75) is 0 Å². The van der Waals surface area contributed by atoms with E-state index in [1.54, 1.807) is 0 Å². The van der Waals surface area contributed by atoms with Crippen molar-refractivity contribution in [1.82, 2.24) is 33.9 Å². The third-order valence-corrected chi connectivity index (χ3v) is 11.1. The van der Waals surface area contributed by atoms with Crippen LogP contribution in [0.4, 0.5) is 0 Å². The summed E-state index contributed by atoms with van der Waals surface area (Å²) in [4.78, 5) is 26.2. The second-order valence-corrected chi connectivity index (χ2v) is 14.5. The topological polar surface area (TPSA) is 73.8 Å². The van der Waals surface area contributed by atoms with Crippen LogP contribution < -0.4 is 0 Å². The highest BCUT2D eigenvalue weighted by Gasteiger charge is 2.24. The Morgan fingerprint density at radius 3 is 1.69 bits per heavy atom. The first kappa shape index (κ1) is 32.2. The van der Waals surface area contributed by atoms with E-state index in [-0.39, 0.29) is 0 Å². The lowest BCUT2D eigenvalue weighted by molar-refractivity contribution is 0.981. The zero-order chi connectivity index (χ0) is 38.2. The van der Waals surface area contributed by atoms with Gasteiger partial charge in [0.25, 0.3) is 0 Å². The van der Waals surface area contributed by atoms with Gasteiger partial charge in [0.05, 0.1) is 27.6 Å². The van der Waals surface area contributed by atoms with Crippen LogP contribution in [0.1, 0.15) is 0 Å². The van der Waals surface area contributed by atoms with Crippen LogP contribution in [0.2, 0.25) is 0 Å². The number of aromatic nitrogens is 7. The van der Waals surface area contributed by atoms with Gasteiger partial charge in [-0.25, -0.2) is 24.9 Å². The summed E-state index contributed by atoms with van der Waals surface area (Å²) in [6.45, 7) is 0. The van der Waals surface area contributed by atoms with Gasteiger partial charge in [-0.3, -0.25) is 8.97 Å². The van der Waals surface area contributed by atoms with Gasteiger partial charge in [-0.1, -0.05) is 146 Å². The first-order valence-electron chi connectivity index (χ1n) is 19.4. The Balaban J connectivity index is 1.17. The summed E-state index contributed by atoms with van der Waals surface area (Å²) in [5, 5.41) is 5.27. The van der Waals surface area contributed by atoms with Crippen LogP contribution in [-0.2, 0) is 0 Å². The predicted octanol–water partition coefficient (Wildman–Crippen LogP) is 12.1. The largest absolute Gasteiger partial charge is 0.278 e. The molecule has 4 heterocycles. The third kappa shape index (κ3) is 4.97. The Labute approximate surface area is 332 Å². The molecule has 7 heteroatoms. The average Bonchev–Trinajstić information content (AvgIpc) is 3.86. The maximum Gasteiger partial charge on any atom is 0.221 e. The molecule has 0 spiro atoms. The van der Waals surface area contributed by atoms with E-state index >= 15 is 0 Å². The molecule has 0 radical (unpaired) electrons. The smallest absolute Gasteiger partial charge is 0.221 e. The van der Waals surface area contributed by atoms with Crippen LogP contribution >= 0.6 is 0 Å². The normalized spacial score (nSPS) is 11.8. The molecule has 58 heavy (non-hydrogen) atoms. The van der Waals surface area contributed by atoms with E-state index in [1.165, 1.54) is 0 Å². The van der Waals surface area contributed by atoms with Gasteiger partial charge in [-0.05, 0) is 59.0 Å². The van der Waals surface area contributed by atoms with Crippen LogP contribution in [0.25, 0.3) is 111 Å². The molecule has 0 aliphatic heterocycles. The zero-order valence-electron chi connectivity index (χ0n) is 31.0. The first-order valence-corrected chi connectivity index (χ1v) is 19.4. The lowest BCUT2D eigenvalue weighted by atomic mass is 9.99. The van der Waals surface area contributed by atoms with Crippen molar-refractivity contribution in [2.75, 3.05) is 0 Å². The fraction of sp³-hybridized carbons (Fsp3) is 0. The van der Waals surface area contributed by atoms with Gasteiger partial charge in [0, 0.05) is 38.2 Å². The van der Waals surface area contributed by atoms with E-state index in [0.717, 1.165) is 93.9 Å². The van der Waals surface area contributed by atoms with Gasteiger partial charge in [0.1, 0.15) is 5.65 Å². The summed E-state index contributed by atoms with van der Waals surface area (Å²) in [5.41, 5.74) is 10.8. The molecular weight excluding hydrogens is 711 g/mol. The highest BCUT2D eigenvalue weighted by molar-refractivity contribution is 6.22. The van der Waals surface area contributed by atoms with Gasteiger partial charge in [0.2, 0.25) is 5.95 Å². The van der Waals surface area contributed by atoms with E-state index in [4.69, 9.17) is 24.9 Å². The second kappa shape index (κ2) is 12.8. The third-order valence-electron chi connectivity index (χ3n) is 11.1. The number of para-hydroxylation sites is 4. The maximum absolute atomic E-state index is 5.43. The number of benzene rings is 8. The summed E-state index contributed by atoms with van der Waals surface area (Å²) < 4.78 is 4.52. The van der Waals surface area contributed by atoms with Crippen molar-refractivity contribution in [1.29, 1.82) is 0 Å². The Morgan fingerprint density at radius 2 is 0.897 bits per heavy atom. The molecule has 0 bridgehead atoms. The second-order valence-electron chi connectivity index (χ2n) is 14.5. The SMILES string of the molecule is c1ccc(-c2cccc(-c3nc(-c4ccccc4)nc(-c4cc5c6ccccc6n(-c6nc7ccccc7c7nc8ccccc8n67)c5c5ccccc45)n3)c2)cc1. The Morgan fingerprint density at radius 1 is 0.328 bits per heavy atom. The van der Waals surface area contributed by atoms with Crippen LogP contribution in [0, 0.1) is 0 Å². The number of nitrogens with zero attached hydrogens (tertiary/aromatic N) is 7. The summed E-state index contributed by atoms with van der Waals surface area (Å²) in [5.74, 6) is 2.62. The minimum Gasteiger partial charge on any atom is -0.278 e. The molecule has 12 aromatic rings. The molecule has 0 aliphatic rings. The van der Waals surface area contributed by atoms with E-state index < -0.39 is 0 Å². The molecule has 270 valence electrons. The molecule has 0 amide bonds. The van der Waals surface area contributed by atoms with E-state index in [9.17, 15) is 0 Å².